The number of halogens is 4. The third kappa shape index (κ3) is 3.32. The third-order valence-corrected chi connectivity index (χ3v) is 3.21. The highest BCUT2D eigenvalue weighted by atomic mass is 35.5. The van der Waals surface area contributed by atoms with Gasteiger partial charge in [-0.25, -0.2) is 0 Å². The van der Waals surface area contributed by atoms with Crippen molar-refractivity contribution in [3.05, 3.63) is 69.7 Å². The van der Waals surface area contributed by atoms with E-state index in [1.165, 1.54) is 6.07 Å². The molecule has 2 aromatic rings. The van der Waals surface area contributed by atoms with Gasteiger partial charge in [0.1, 0.15) is 0 Å². The van der Waals surface area contributed by atoms with Crippen LogP contribution in [0.4, 0.5) is 13.2 Å². The Hall–Kier alpha value is -1.52. The molecule has 1 nitrogen and oxygen atoms in total. The fourth-order valence-electron chi connectivity index (χ4n) is 2.05. The molecule has 5 heteroatoms. The van der Waals surface area contributed by atoms with Crippen molar-refractivity contribution in [2.45, 2.75) is 19.1 Å². The lowest BCUT2D eigenvalue weighted by Crippen LogP contribution is -2.14. The molecule has 1 unspecified atom stereocenters. The van der Waals surface area contributed by atoms with Crippen LogP contribution in [-0.4, -0.2) is 0 Å². The summed E-state index contributed by atoms with van der Waals surface area (Å²) < 4.78 is 38.1. The van der Waals surface area contributed by atoms with Gasteiger partial charge >= 0.3 is 6.18 Å². The normalized spacial score (nSPS) is 13.3. The second-order valence-electron chi connectivity index (χ2n) is 4.66. The first-order valence-corrected chi connectivity index (χ1v) is 6.35. The molecule has 0 radical (unpaired) electrons. The molecule has 0 saturated heterocycles. The number of hydrogen-bond donors (Lipinski definition) is 1. The highest BCUT2D eigenvalue weighted by Gasteiger charge is 2.30. The lowest BCUT2D eigenvalue weighted by molar-refractivity contribution is -0.137. The van der Waals surface area contributed by atoms with E-state index in [1.54, 1.807) is 18.2 Å². The Balaban J connectivity index is 2.40. The molecular formula is C15H13ClF3N. The standard InChI is InChI=1S/C15H13ClF3N/c1-9-5-11(8-13(16)6-9)14(20)10-3-2-4-12(7-10)15(17,18)19/h2-8,14H,20H2,1H3. The van der Waals surface area contributed by atoms with E-state index in [0.717, 1.165) is 17.7 Å². The topological polar surface area (TPSA) is 26.0 Å². The molecule has 0 aliphatic carbocycles. The molecular weight excluding hydrogens is 287 g/mol. The van der Waals surface area contributed by atoms with Crippen LogP contribution in [-0.2, 0) is 6.18 Å². The van der Waals surface area contributed by atoms with Gasteiger partial charge in [0.2, 0.25) is 0 Å². The Bertz CT molecular complexity index is 603. The lowest BCUT2D eigenvalue weighted by Gasteiger charge is -2.16. The summed E-state index contributed by atoms with van der Waals surface area (Å²) in [5.41, 5.74) is 7.34. The van der Waals surface area contributed by atoms with Crippen molar-refractivity contribution in [2.75, 3.05) is 0 Å². The van der Waals surface area contributed by atoms with Gasteiger partial charge in [-0.15, -0.1) is 0 Å². The van der Waals surface area contributed by atoms with Crippen LogP contribution in [0.1, 0.15) is 28.3 Å². The zero-order valence-electron chi connectivity index (χ0n) is 10.7. The van der Waals surface area contributed by atoms with Gasteiger partial charge in [0.15, 0.2) is 0 Å². The Kier molecular flexibility index (Phi) is 4.06. The van der Waals surface area contributed by atoms with Crippen LogP contribution in [0.15, 0.2) is 42.5 Å². The van der Waals surface area contributed by atoms with Crippen LogP contribution in [0.2, 0.25) is 5.02 Å². The van der Waals surface area contributed by atoms with Crippen LogP contribution in [0.25, 0.3) is 0 Å². The van der Waals surface area contributed by atoms with Gasteiger partial charge in [0.25, 0.3) is 0 Å². The average Bonchev–Trinajstić information content (AvgIpc) is 2.36. The van der Waals surface area contributed by atoms with Crippen molar-refractivity contribution < 1.29 is 13.2 Å². The molecule has 2 rings (SSSR count). The zero-order chi connectivity index (χ0) is 14.9. The molecule has 1 atom stereocenters. The molecule has 0 spiro atoms. The Morgan fingerprint density at radius 3 is 2.35 bits per heavy atom. The van der Waals surface area contributed by atoms with E-state index in [0.29, 0.717) is 16.1 Å². The zero-order valence-corrected chi connectivity index (χ0v) is 11.5. The van der Waals surface area contributed by atoms with Crippen LogP contribution in [0.3, 0.4) is 0 Å². The van der Waals surface area contributed by atoms with E-state index in [4.69, 9.17) is 17.3 Å². The lowest BCUT2D eigenvalue weighted by atomic mass is 9.97. The Labute approximate surface area is 120 Å². The second kappa shape index (κ2) is 5.46. The number of benzene rings is 2. The smallest absolute Gasteiger partial charge is 0.320 e. The Morgan fingerprint density at radius 1 is 1.05 bits per heavy atom. The maximum absolute atomic E-state index is 12.7. The quantitative estimate of drug-likeness (QED) is 0.853. The fraction of sp³-hybridized carbons (Fsp3) is 0.200. The van der Waals surface area contributed by atoms with Crippen LogP contribution in [0.5, 0.6) is 0 Å². The highest BCUT2D eigenvalue weighted by Crippen LogP contribution is 2.32. The number of hydrogen-bond acceptors (Lipinski definition) is 1. The van der Waals surface area contributed by atoms with Crippen LogP contribution < -0.4 is 5.73 Å². The summed E-state index contributed by atoms with van der Waals surface area (Å²) in [6.07, 6.45) is -4.38. The van der Waals surface area contributed by atoms with Crippen LogP contribution in [0, 0.1) is 6.92 Å². The predicted octanol–water partition coefficient (Wildman–Crippen LogP) is 4.72. The molecule has 0 amide bonds. The van der Waals surface area contributed by atoms with Crippen molar-refractivity contribution in [3.63, 3.8) is 0 Å². The third-order valence-electron chi connectivity index (χ3n) is 3.00. The molecule has 0 aliphatic heterocycles. The summed E-state index contributed by atoms with van der Waals surface area (Å²) >= 11 is 5.95. The molecule has 20 heavy (non-hydrogen) atoms. The number of nitrogens with two attached hydrogens (primary N) is 1. The molecule has 0 bridgehead atoms. The van der Waals surface area contributed by atoms with Gasteiger partial charge in [0, 0.05) is 5.02 Å². The van der Waals surface area contributed by atoms with Gasteiger partial charge in [0.05, 0.1) is 11.6 Å². The fourth-order valence-corrected chi connectivity index (χ4v) is 2.34. The molecule has 0 aromatic heterocycles. The van der Waals surface area contributed by atoms with Crippen molar-refractivity contribution in [1.29, 1.82) is 0 Å². The van der Waals surface area contributed by atoms with Crippen molar-refractivity contribution in [3.8, 4) is 0 Å². The first-order valence-electron chi connectivity index (χ1n) is 5.97. The number of alkyl halides is 3. The number of aryl methyl sites for hydroxylation is 1. The van der Waals surface area contributed by atoms with Crippen molar-refractivity contribution in [2.24, 2.45) is 5.73 Å². The van der Waals surface area contributed by atoms with Crippen molar-refractivity contribution >= 4 is 11.6 Å². The monoisotopic (exact) mass is 299 g/mol. The van der Waals surface area contributed by atoms with E-state index in [9.17, 15) is 13.2 Å². The minimum absolute atomic E-state index is 0.404. The molecule has 2 N–H and O–H groups in total. The highest BCUT2D eigenvalue weighted by molar-refractivity contribution is 6.30. The minimum Gasteiger partial charge on any atom is -0.320 e. The molecule has 0 aliphatic rings. The minimum atomic E-state index is -4.38. The summed E-state index contributed by atoms with van der Waals surface area (Å²) in [6.45, 7) is 1.86. The van der Waals surface area contributed by atoms with Gasteiger partial charge in [-0.2, -0.15) is 13.2 Å². The molecule has 2 aromatic carbocycles. The summed E-state index contributed by atoms with van der Waals surface area (Å²) in [5.74, 6) is 0. The van der Waals surface area contributed by atoms with Crippen LogP contribution >= 0.6 is 11.6 Å². The van der Waals surface area contributed by atoms with Gasteiger partial charge < -0.3 is 5.73 Å². The first kappa shape index (κ1) is 14.9. The average molecular weight is 300 g/mol. The molecule has 106 valence electrons. The van der Waals surface area contributed by atoms with E-state index in [1.807, 2.05) is 13.0 Å². The summed E-state index contributed by atoms with van der Waals surface area (Å²) in [5, 5.41) is 0.516. The SMILES string of the molecule is Cc1cc(Cl)cc(C(N)c2cccc(C(F)(F)F)c2)c1. The maximum atomic E-state index is 12.7. The molecule has 0 heterocycles. The maximum Gasteiger partial charge on any atom is 0.416 e. The first-order chi connectivity index (χ1) is 9.27. The van der Waals surface area contributed by atoms with E-state index in [2.05, 4.69) is 0 Å². The summed E-state index contributed by atoms with van der Waals surface area (Å²) in [6, 6.07) is 9.64. The second-order valence-corrected chi connectivity index (χ2v) is 5.10. The van der Waals surface area contributed by atoms with Gasteiger partial charge in [-0.3, -0.25) is 0 Å². The summed E-state index contributed by atoms with van der Waals surface area (Å²) in [7, 11) is 0. The summed E-state index contributed by atoms with van der Waals surface area (Å²) in [4.78, 5) is 0. The molecule has 0 saturated carbocycles. The number of rotatable bonds is 2. The molecule has 0 fully saturated rings. The van der Waals surface area contributed by atoms with E-state index in [-0.39, 0.29) is 0 Å². The van der Waals surface area contributed by atoms with Gasteiger partial charge in [-0.1, -0.05) is 29.8 Å². The van der Waals surface area contributed by atoms with E-state index < -0.39 is 17.8 Å². The largest absolute Gasteiger partial charge is 0.416 e. The Morgan fingerprint density at radius 2 is 1.75 bits per heavy atom. The van der Waals surface area contributed by atoms with E-state index >= 15 is 0 Å². The predicted molar refractivity (Wildman–Crippen MR) is 73.7 cm³/mol. The van der Waals surface area contributed by atoms with Gasteiger partial charge in [-0.05, 0) is 47.9 Å². The van der Waals surface area contributed by atoms with Crippen molar-refractivity contribution in [1.82, 2.24) is 0 Å².